The molecule has 1 fully saturated rings. The molecule has 2 rings (SSSR count). The first-order valence-electron chi connectivity index (χ1n) is 6.57. The fourth-order valence-electron chi connectivity index (χ4n) is 2.52. The van der Waals surface area contributed by atoms with Crippen molar-refractivity contribution in [1.82, 2.24) is 14.7 Å². The van der Waals surface area contributed by atoms with Gasteiger partial charge in [0.1, 0.15) is 0 Å². The molecule has 0 spiro atoms. The molecular weight excluding hydrogens is 212 g/mol. The third-order valence-corrected chi connectivity index (χ3v) is 3.63. The molecule has 96 valence electrons. The molecule has 4 heteroatoms. The van der Waals surface area contributed by atoms with E-state index >= 15 is 0 Å². The van der Waals surface area contributed by atoms with E-state index in [1.54, 1.807) is 0 Å². The van der Waals surface area contributed by atoms with Crippen LogP contribution < -0.4 is 5.32 Å². The molecule has 1 aromatic rings. The van der Waals surface area contributed by atoms with Crippen molar-refractivity contribution in [3.63, 3.8) is 0 Å². The molecule has 17 heavy (non-hydrogen) atoms. The van der Waals surface area contributed by atoms with Gasteiger partial charge in [0.2, 0.25) is 0 Å². The van der Waals surface area contributed by atoms with Crippen molar-refractivity contribution in [3.8, 4) is 0 Å². The van der Waals surface area contributed by atoms with Crippen LogP contribution in [0.1, 0.15) is 32.4 Å². The zero-order valence-electron chi connectivity index (χ0n) is 11.4. The number of piperidine rings is 1. The molecule has 0 unspecified atom stereocenters. The van der Waals surface area contributed by atoms with E-state index in [0.29, 0.717) is 12.1 Å². The second-order valence-corrected chi connectivity index (χ2v) is 5.35. The van der Waals surface area contributed by atoms with Crippen LogP contribution >= 0.6 is 0 Å². The Morgan fingerprint density at radius 2 is 2.00 bits per heavy atom. The molecule has 1 aromatic heterocycles. The SMILES string of the molecule is Cc1nn(C)cc1NC1CCN(C(C)C)CC1. The number of aryl methyl sites for hydroxylation is 2. The summed E-state index contributed by atoms with van der Waals surface area (Å²) < 4.78 is 1.88. The van der Waals surface area contributed by atoms with Gasteiger partial charge in [0.25, 0.3) is 0 Å². The fourth-order valence-corrected chi connectivity index (χ4v) is 2.52. The second-order valence-electron chi connectivity index (χ2n) is 5.35. The Morgan fingerprint density at radius 3 is 2.47 bits per heavy atom. The molecule has 0 amide bonds. The molecule has 0 saturated carbocycles. The van der Waals surface area contributed by atoms with Crippen LogP contribution in [-0.2, 0) is 7.05 Å². The predicted molar refractivity (Wildman–Crippen MR) is 71.3 cm³/mol. The Labute approximate surface area is 104 Å². The van der Waals surface area contributed by atoms with Gasteiger partial charge in [0.15, 0.2) is 0 Å². The van der Waals surface area contributed by atoms with Crippen molar-refractivity contribution < 1.29 is 0 Å². The standard InChI is InChI=1S/C13H24N4/c1-10(2)17-7-5-12(6-8-17)14-13-9-16(4)15-11(13)3/h9-10,12,14H,5-8H2,1-4H3. The van der Waals surface area contributed by atoms with Crippen LogP contribution in [0, 0.1) is 6.92 Å². The molecule has 0 atom stereocenters. The molecule has 2 heterocycles. The van der Waals surface area contributed by atoms with Gasteiger partial charge >= 0.3 is 0 Å². The third-order valence-electron chi connectivity index (χ3n) is 3.63. The fraction of sp³-hybridized carbons (Fsp3) is 0.769. The van der Waals surface area contributed by atoms with Crippen molar-refractivity contribution in [2.75, 3.05) is 18.4 Å². The maximum absolute atomic E-state index is 4.36. The summed E-state index contributed by atoms with van der Waals surface area (Å²) in [7, 11) is 1.97. The van der Waals surface area contributed by atoms with Gasteiger partial charge in [-0.15, -0.1) is 0 Å². The average Bonchev–Trinajstić information content (AvgIpc) is 2.58. The monoisotopic (exact) mass is 236 g/mol. The van der Waals surface area contributed by atoms with E-state index in [1.165, 1.54) is 31.6 Å². The lowest BCUT2D eigenvalue weighted by atomic mass is 10.0. The Hall–Kier alpha value is -1.03. The summed E-state index contributed by atoms with van der Waals surface area (Å²) in [5.74, 6) is 0. The molecule has 1 aliphatic heterocycles. The van der Waals surface area contributed by atoms with Gasteiger partial charge in [-0.2, -0.15) is 5.10 Å². The lowest BCUT2D eigenvalue weighted by molar-refractivity contribution is 0.177. The minimum absolute atomic E-state index is 0.605. The maximum atomic E-state index is 4.36. The molecule has 0 radical (unpaired) electrons. The third kappa shape index (κ3) is 3.00. The predicted octanol–water partition coefficient (Wildman–Crippen LogP) is 2.01. The second kappa shape index (κ2) is 5.08. The van der Waals surface area contributed by atoms with Gasteiger partial charge < -0.3 is 10.2 Å². The lowest BCUT2D eigenvalue weighted by Gasteiger charge is -2.35. The van der Waals surface area contributed by atoms with E-state index in [1.807, 2.05) is 11.7 Å². The number of hydrogen-bond donors (Lipinski definition) is 1. The summed E-state index contributed by atoms with van der Waals surface area (Å²) in [6.07, 6.45) is 4.53. The van der Waals surface area contributed by atoms with Gasteiger partial charge in [-0.05, 0) is 33.6 Å². The van der Waals surface area contributed by atoms with Crippen molar-refractivity contribution >= 4 is 5.69 Å². The van der Waals surface area contributed by atoms with Gasteiger partial charge in [-0.25, -0.2) is 0 Å². The number of rotatable bonds is 3. The van der Waals surface area contributed by atoms with Crippen molar-refractivity contribution in [2.45, 2.75) is 45.7 Å². The average molecular weight is 236 g/mol. The van der Waals surface area contributed by atoms with Crippen molar-refractivity contribution in [2.24, 2.45) is 7.05 Å². The Kier molecular flexibility index (Phi) is 3.72. The van der Waals surface area contributed by atoms with Crippen LogP contribution in [0.15, 0.2) is 6.20 Å². The first kappa shape index (κ1) is 12.4. The van der Waals surface area contributed by atoms with Crippen LogP contribution in [0.4, 0.5) is 5.69 Å². The normalized spacial score (nSPS) is 18.9. The highest BCUT2D eigenvalue weighted by molar-refractivity contribution is 5.46. The van der Waals surface area contributed by atoms with Crippen LogP contribution in [0.3, 0.4) is 0 Å². The molecule has 1 aliphatic rings. The zero-order valence-corrected chi connectivity index (χ0v) is 11.4. The van der Waals surface area contributed by atoms with Crippen LogP contribution in [-0.4, -0.2) is 39.9 Å². The number of hydrogen-bond acceptors (Lipinski definition) is 3. The number of nitrogens with one attached hydrogen (secondary N) is 1. The lowest BCUT2D eigenvalue weighted by Crippen LogP contribution is -2.42. The summed E-state index contributed by atoms with van der Waals surface area (Å²) in [5, 5.41) is 7.98. The molecule has 1 N–H and O–H groups in total. The Bertz CT molecular complexity index is 361. The number of likely N-dealkylation sites (tertiary alicyclic amines) is 1. The Morgan fingerprint density at radius 1 is 1.35 bits per heavy atom. The van der Waals surface area contributed by atoms with E-state index in [-0.39, 0.29) is 0 Å². The summed E-state index contributed by atoms with van der Waals surface area (Å²) >= 11 is 0. The molecular formula is C13H24N4. The highest BCUT2D eigenvalue weighted by atomic mass is 15.3. The van der Waals surface area contributed by atoms with Crippen LogP contribution in [0.25, 0.3) is 0 Å². The Balaban J connectivity index is 1.88. The van der Waals surface area contributed by atoms with Crippen molar-refractivity contribution in [1.29, 1.82) is 0 Å². The summed E-state index contributed by atoms with van der Waals surface area (Å²) in [6.45, 7) is 9.02. The van der Waals surface area contributed by atoms with Crippen molar-refractivity contribution in [3.05, 3.63) is 11.9 Å². The highest BCUT2D eigenvalue weighted by Crippen LogP contribution is 2.19. The first-order chi connectivity index (χ1) is 8.06. The number of aromatic nitrogens is 2. The van der Waals surface area contributed by atoms with Gasteiger partial charge in [-0.1, -0.05) is 0 Å². The van der Waals surface area contributed by atoms with E-state index in [9.17, 15) is 0 Å². The molecule has 1 saturated heterocycles. The summed E-state index contributed by atoms with van der Waals surface area (Å²) in [4.78, 5) is 2.55. The van der Waals surface area contributed by atoms with Gasteiger partial charge in [0.05, 0.1) is 11.4 Å². The zero-order chi connectivity index (χ0) is 12.4. The molecule has 0 aliphatic carbocycles. The van der Waals surface area contributed by atoms with Gasteiger partial charge in [0, 0.05) is 38.4 Å². The van der Waals surface area contributed by atoms with E-state index < -0.39 is 0 Å². The number of anilines is 1. The minimum atomic E-state index is 0.605. The maximum Gasteiger partial charge on any atom is 0.0825 e. The van der Waals surface area contributed by atoms with E-state index in [2.05, 4.69) is 42.3 Å². The van der Waals surface area contributed by atoms with Crippen LogP contribution in [0.2, 0.25) is 0 Å². The van der Waals surface area contributed by atoms with Crippen LogP contribution in [0.5, 0.6) is 0 Å². The summed E-state index contributed by atoms with van der Waals surface area (Å²) in [5.41, 5.74) is 2.29. The quantitative estimate of drug-likeness (QED) is 0.871. The molecule has 0 aromatic carbocycles. The van der Waals surface area contributed by atoms with Gasteiger partial charge in [-0.3, -0.25) is 4.68 Å². The highest BCUT2D eigenvalue weighted by Gasteiger charge is 2.21. The summed E-state index contributed by atoms with van der Waals surface area (Å²) in [6, 6.07) is 1.28. The topological polar surface area (TPSA) is 33.1 Å². The smallest absolute Gasteiger partial charge is 0.0825 e. The molecule has 0 bridgehead atoms. The van der Waals surface area contributed by atoms with E-state index in [4.69, 9.17) is 0 Å². The number of nitrogens with zero attached hydrogens (tertiary/aromatic N) is 3. The first-order valence-corrected chi connectivity index (χ1v) is 6.57. The molecule has 4 nitrogen and oxygen atoms in total. The minimum Gasteiger partial charge on any atom is -0.379 e. The largest absolute Gasteiger partial charge is 0.379 e. The van der Waals surface area contributed by atoms with E-state index in [0.717, 1.165) is 5.69 Å².